The summed E-state index contributed by atoms with van der Waals surface area (Å²) in [5, 5.41) is 2.51. The van der Waals surface area contributed by atoms with Crippen molar-refractivity contribution in [3.8, 4) is 67.5 Å². The molecule has 0 saturated heterocycles. The van der Waals surface area contributed by atoms with Gasteiger partial charge in [-0.25, -0.2) is 15.0 Å². The summed E-state index contributed by atoms with van der Waals surface area (Å²) in [5.41, 5.74) is 14.2. The van der Waals surface area contributed by atoms with Gasteiger partial charge < -0.3 is 0 Å². The number of hydrogen-bond acceptors (Lipinski definition) is 4. The van der Waals surface area contributed by atoms with E-state index in [0.29, 0.717) is 17.5 Å². The third kappa shape index (κ3) is 5.91. The highest BCUT2D eigenvalue weighted by Crippen LogP contribution is 2.56. The van der Waals surface area contributed by atoms with Crippen LogP contribution in [-0.2, 0) is 5.41 Å². The Hall–Kier alpha value is -7.79. The van der Waals surface area contributed by atoms with Gasteiger partial charge in [0, 0.05) is 36.9 Å². The van der Waals surface area contributed by atoms with Crippen LogP contribution >= 0.6 is 11.3 Å². The van der Waals surface area contributed by atoms with Gasteiger partial charge in [0.05, 0.1) is 5.41 Å². The lowest BCUT2D eigenvalue weighted by molar-refractivity contribution is 0.768. The molecule has 2 aromatic heterocycles. The third-order valence-corrected chi connectivity index (χ3v) is 13.5. The van der Waals surface area contributed by atoms with E-state index >= 15 is 0 Å². The molecule has 0 aliphatic heterocycles. The molecule has 0 N–H and O–H groups in total. The zero-order valence-corrected chi connectivity index (χ0v) is 34.4. The molecule has 9 aromatic carbocycles. The van der Waals surface area contributed by atoms with Gasteiger partial charge >= 0.3 is 0 Å². The molecule has 2 heterocycles. The number of aromatic nitrogens is 3. The Bertz CT molecular complexity index is 3350. The second kappa shape index (κ2) is 14.7. The van der Waals surface area contributed by atoms with Crippen LogP contribution in [0.15, 0.2) is 224 Å². The summed E-state index contributed by atoms with van der Waals surface area (Å²) in [4.78, 5) is 16.0. The molecule has 0 radical (unpaired) electrons. The Kier molecular flexibility index (Phi) is 8.58. The Morgan fingerprint density at radius 3 is 1.40 bits per heavy atom. The molecular weight excluding hydrogens is 771 g/mol. The fraction of sp³-hybridized carbons (Fsp3) is 0.0172. The minimum Gasteiger partial charge on any atom is -0.208 e. The first-order chi connectivity index (χ1) is 30.7. The molecule has 1 aliphatic carbocycles. The molecule has 0 unspecified atom stereocenters. The zero-order chi connectivity index (χ0) is 41.0. The predicted octanol–water partition coefficient (Wildman–Crippen LogP) is 14.9. The predicted molar refractivity (Wildman–Crippen MR) is 257 cm³/mol. The van der Waals surface area contributed by atoms with E-state index in [1.165, 1.54) is 53.6 Å². The SMILES string of the molecule is c1ccc(-c2cc(-c3ccccc3)cc(-c3nc(-c4ccc5c(c4)-c4ccccc4C5(c4ccccc4)c4ccccc4)nc(-c4ccc5c(c4)sc4ccccc45)n3)c2)cc1. The maximum atomic E-state index is 5.38. The van der Waals surface area contributed by atoms with Gasteiger partial charge in [0.2, 0.25) is 0 Å². The van der Waals surface area contributed by atoms with Gasteiger partial charge in [0.25, 0.3) is 0 Å². The molecule has 1 aliphatic rings. The minimum absolute atomic E-state index is 0.492. The van der Waals surface area contributed by atoms with Crippen molar-refractivity contribution in [3.63, 3.8) is 0 Å². The van der Waals surface area contributed by atoms with E-state index in [9.17, 15) is 0 Å². The monoisotopic (exact) mass is 807 g/mol. The number of rotatable bonds is 7. The Morgan fingerprint density at radius 1 is 0.290 bits per heavy atom. The molecule has 0 bridgehead atoms. The molecule has 0 saturated carbocycles. The molecule has 290 valence electrons. The number of nitrogens with zero attached hydrogens (tertiary/aromatic N) is 3. The minimum atomic E-state index is -0.492. The Labute approximate surface area is 364 Å². The van der Waals surface area contributed by atoms with Crippen molar-refractivity contribution in [2.24, 2.45) is 0 Å². The molecule has 11 aromatic rings. The first-order valence-electron chi connectivity index (χ1n) is 21.0. The average molecular weight is 808 g/mol. The van der Waals surface area contributed by atoms with Crippen LogP contribution in [0.5, 0.6) is 0 Å². The molecule has 3 nitrogen and oxygen atoms in total. The molecule has 0 fully saturated rings. The van der Waals surface area contributed by atoms with Gasteiger partial charge in [-0.15, -0.1) is 11.3 Å². The fourth-order valence-electron chi connectivity index (χ4n) is 9.57. The maximum absolute atomic E-state index is 5.38. The van der Waals surface area contributed by atoms with Gasteiger partial charge in [-0.1, -0.05) is 188 Å². The lowest BCUT2D eigenvalue weighted by atomic mass is 9.67. The van der Waals surface area contributed by atoms with E-state index in [4.69, 9.17) is 15.0 Å². The van der Waals surface area contributed by atoms with Crippen molar-refractivity contribution in [2.45, 2.75) is 5.41 Å². The highest BCUT2D eigenvalue weighted by Gasteiger charge is 2.46. The molecule has 0 spiro atoms. The van der Waals surface area contributed by atoms with E-state index in [1.807, 2.05) is 0 Å². The van der Waals surface area contributed by atoms with Crippen LogP contribution in [0.3, 0.4) is 0 Å². The number of fused-ring (bicyclic) bond motifs is 6. The zero-order valence-electron chi connectivity index (χ0n) is 33.6. The summed E-state index contributed by atoms with van der Waals surface area (Å²) in [7, 11) is 0. The largest absolute Gasteiger partial charge is 0.208 e. The smallest absolute Gasteiger partial charge is 0.164 e. The summed E-state index contributed by atoms with van der Waals surface area (Å²) in [6.45, 7) is 0. The normalized spacial score (nSPS) is 12.6. The van der Waals surface area contributed by atoms with Crippen LogP contribution in [-0.4, -0.2) is 15.0 Å². The molecule has 4 heteroatoms. The first kappa shape index (κ1) is 36.1. The molecule has 62 heavy (non-hydrogen) atoms. The fourth-order valence-corrected chi connectivity index (χ4v) is 10.7. The van der Waals surface area contributed by atoms with Crippen LogP contribution in [0.4, 0.5) is 0 Å². The van der Waals surface area contributed by atoms with Crippen molar-refractivity contribution in [2.75, 3.05) is 0 Å². The maximum Gasteiger partial charge on any atom is 0.164 e. The highest BCUT2D eigenvalue weighted by molar-refractivity contribution is 7.25. The van der Waals surface area contributed by atoms with Crippen molar-refractivity contribution < 1.29 is 0 Å². The summed E-state index contributed by atoms with van der Waals surface area (Å²) < 4.78 is 2.47. The van der Waals surface area contributed by atoms with Crippen molar-refractivity contribution in [1.82, 2.24) is 15.0 Å². The average Bonchev–Trinajstić information content (AvgIpc) is 3.88. The van der Waals surface area contributed by atoms with E-state index in [2.05, 4.69) is 224 Å². The van der Waals surface area contributed by atoms with Crippen LogP contribution in [0.2, 0.25) is 0 Å². The van der Waals surface area contributed by atoms with E-state index in [0.717, 1.165) is 38.9 Å². The number of thiophene rings is 1. The lowest BCUT2D eigenvalue weighted by Crippen LogP contribution is -2.28. The van der Waals surface area contributed by atoms with Gasteiger partial charge in [-0.05, 0) is 92.0 Å². The molecule has 0 amide bonds. The van der Waals surface area contributed by atoms with Crippen molar-refractivity contribution >= 4 is 31.5 Å². The van der Waals surface area contributed by atoms with Crippen LogP contribution in [0, 0.1) is 0 Å². The van der Waals surface area contributed by atoms with Gasteiger partial charge in [-0.3, -0.25) is 0 Å². The molecular formula is C58H37N3S. The Balaban J connectivity index is 1.09. The quantitative estimate of drug-likeness (QED) is 0.161. The van der Waals surface area contributed by atoms with Crippen LogP contribution < -0.4 is 0 Å². The van der Waals surface area contributed by atoms with E-state index in [1.54, 1.807) is 11.3 Å². The topological polar surface area (TPSA) is 38.7 Å². The van der Waals surface area contributed by atoms with Crippen molar-refractivity contribution in [3.05, 3.63) is 247 Å². The van der Waals surface area contributed by atoms with Crippen LogP contribution in [0.25, 0.3) is 87.7 Å². The van der Waals surface area contributed by atoms with Gasteiger partial charge in [0.15, 0.2) is 17.5 Å². The summed E-state index contributed by atoms with van der Waals surface area (Å²) in [5.74, 6) is 1.89. The lowest BCUT2D eigenvalue weighted by Gasteiger charge is -2.33. The second-order valence-corrected chi connectivity index (χ2v) is 17.0. The third-order valence-electron chi connectivity index (χ3n) is 12.4. The van der Waals surface area contributed by atoms with Crippen molar-refractivity contribution in [1.29, 1.82) is 0 Å². The number of hydrogen-bond donors (Lipinski definition) is 0. The van der Waals surface area contributed by atoms with Crippen LogP contribution in [0.1, 0.15) is 22.3 Å². The van der Waals surface area contributed by atoms with Gasteiger partial charge in [0.1, 0.15) is 0 Å². The van der Waals surface area contributed by atoms with E-state index < -0.39 is 5.41 Å². The Morgan fingerprint density at radius 2 is 0.758 bits per heavy atom. The second-order valence-electron chi connectivity index (χ2n) is 15.9. The molecule has 12 rings (SSSR count). The summed E-state index contributed by atoms with van der Waals surface area (Å²) in [6.07, 6.45) is 0. The van der Waals surface area contributed by atoms with Gasteiger partial charge in [-0.2, -0.15) is 0 Å². The molecule has 0 atom stereocenters. The summed E-state index contributed by atoms with van der Waals surface area (Å²) in [6, 6.07) is 80.5. The standard InChI is InChI=1S/C58H37N3S/c1-5-17-38(18-6-1)42-33-43(39-19-7-2-8-20-39)35-44(34-42)57-60-55(59-56(61-57)41-29-31-49-48-26-14-16-28-53(48)62-54(49)37-41)40-30-32-52-50(36-40)47-25-13-15-27-51(47)58(52,45-21-9-3-10-22-45)46-23-11-4-12-24-46/h1-37H. The van der Waals surface area contributed by atoms with E-state index in [-0.39, 0.29) is 0 Å². The first-order valence-corrected chi connectivity index (χ1v) is 21.8. The highest BCUT2D eigenvalue weighted by atomic mass is 32.1. The summed E-state index contributed by atoms with van der Waals surface area (Å²) >= 11 is 1.80. The number of benzene rings is 9.